The van der Waals surface area contributed by atoms with E-state index in [4.69, 9.17) is 25.1 Å². The molecule has 0 bridgehead atoms. The van der Waals surface area contributed by atoms with Gasteiger partial charge < -0.3 is 4.74 Å². The summed E-state index contributed by atoms with van der Waals surface area (Å²) in [6.45, 7) is 4.16. The summed E-state index contributed by atoms with van der Waals surface area (Å²) in [6, 6.07) is 0. The minimum atomic E-state index is 0. The van der Waals surface area contributed by atoms with E-state index in [-0.39, 0.29) is 7.43 Å². The van der Waals surface area contributed by atoms with Gasteiger partial charge in [-0.05, 0) is 0 Å². The quantitative estimate of drug-likeness (QED) is 0.425. The van der Waals surface area contributed by atoms with Crippen LogP contribution in [0.25, 0.3) is 0 Å². The molecule has 0 aromatic rings. The van der Waals surface area contributed by atoms with Crippen LogP contribution < -0.4 is 0 Å². The monoisotopic (exact) mass is 174 g/mol. The summed E-state index contributed by atoms with van der Waals surface area (Å²) in [6.07, 6.45) is 1.50. The molecule has 1 saturated heterocycles. The van der Waals surface area contributed by atoms with Crippen molar-refractivity contribution in [2.75, 3.05) is 13.2 Å². The van der Waals surface area contributed by atoms with Crippen LogP contribution in [-0.2, 0) is 14.3 Å². The molecular weight excluding hydrogens is 160 g/mol. The Kier molecular flexibility index (Phi) is 23.2. The van der Waals surface area contributed by atoms with Crippen LogP contribution in [0.2, 0.25) is 0 Å². The van der Waals surface area contributed by atoms with Crippen LogP contribution in [0.5, 0.6) is 0 Å². The fraction of sp³-hybridized carbons (Fsp3) is 0.714. The van der Waals surface area contributed by atoms with Gasteiger partial charge in [-0.1, -0.05) is 14.4 Å². The van der Waals surface area contributed by atoms with Gasteiger partial charge in [-0.3, -0.25) is 0 Å². The third kappa shape index (κ3) is 23.3. The van der Waals surface area contributed by atoms with E-state index in [9.17, 15) is 0 Å². The number of rotatable bonds is 0. The molecule has 12 heavy (non-hydrogen) atoms. The van der Waals surface area contributed by atoms with Crippen molar-refractivity contribution >= 4 is 12.2 Å². The molecule has 1 rings (SSSR count). The second-order valence-corrected chi connectivity index (χ2v) is 1.85. The van der Waals surface area contributed by atoms with Crippen LogP contribution in [-0.4, -0.2) is 25.4 Å². The van der Waals surface area contributed by atoms with Crippen LogP contribution in [0.3, 0.4) is 0 Å². The van der Waals surface area contributed by atoms with Gasteiger partial charge in [-0.2, -0.15) is 0 Å². The molecule has 5 heteroatoms. The van der Waals surface area contributed by atoms with E-state index in [0.29, 0.717) is 0 Å². The Morgan fingerprint density at radius 2 is 1.42 bits per heavy atom. The van der Waals surface area contributed by atoms with Gasteiger partial charge in [0, 0.05) is 5.92 Å². The molecular formula is C7H14N2O3. The Morgan fingerprint density at radius 1 is 1.25 bits per heavy atom. The minimum Gasteiger partial charge on any atom is -0.381 e. The molecule has 1 aliphatic rings. The largest absolute Gasteiger partial charge is 0.381 e. The predicted octanol–water partition coefficient (Wildman–Crippen LogP) is 1.09. The fourth-order valence-electron chi connectivity index (χ4n) is 0.354. The third-order valence-corrected chi connectivity index (χ3v) is 0.805. The van der Waals surface area contributed by atoms with Gasteiger partial charge in [-0.25, -0.2) is 20.4 Å². The summed E-state index contributed by atoms with van der Waals surface area (Å²) < 4.78 is 4.83. The maximum atomic E-state index is 8.35. The normalized spacial score (nSPS) is 12.1. The van der Waals surface area contributed by atoms with Crippen LogP contribution in [0.15, 0.2) is 0 Å². The van der Waals surface area contributed by atoms with Crippen molar-refractivity contribution in [3.05, 3.63) is 0 Å². The highest BCUT2D eigenvalue weighted by molar-refractivity contribution is 5.26. The second-order valence-electron chi connectivity index (χ2n) is 1.85. The van der Waals surface area contributed by atoms with E-state index in [0.717, 1.165) is 31.3 Å². The molecule has 5 nitrogen and oxygen atoms in total. The van der Waals surface area contributed by atoms with Crippen molar-refractivity contribution in [1.29, 1.82) is 10.8 Å². The SMILES string of the molecule is C.CC1COC1.N=C=O.N=C=O. The van der Waals surface area contributed by atoms with Gasteiger partial charge in [0.05, 0.1) is 13.2 Å². The molecule has 2 N–H and O–H groups in total. The molecule has 1 aliphatic heterocycles. The Labute approximate surface area is 71.7 Å². The molecule has 0 aromatic heterocycles. The summed E-state index contributed by atoms with van der Waals surface area (Å²) in [7, 11) is 0. The average molecular weight is 174 g/mol. The summed E-state index contributed by atoms with van der Waals surface area (Å²) in [5, 5.41) is 10.8. The molecule has 1 fully saturated rings. The van der Waals surface area contributed by atoms with E-state index >= 15 is 0 Å². The molecule has 0 radical (unpaired) electrons. The molecule has 70 valence electrons. The zero-order chi connectivity index (χ0) is 9.11. The maximum Gasteiger partial charge on any atom is 0.231 e. The zero-order valence-corrected chi connectivity index (χ0v) is 6.22. The van der Waals surface area contributed by atoms with E-state index in [2.05, 4.69) is 6.92 Å². The van der Waals surface area contributed by atoms with Crippen molar-refractivity contribution in [2.45, 2.75) is 14.4 Å². The summed E-state index contributed by atoms with van der Waals surface area (Å²) in [5.41, 5.74) is 0. The van der Waals surface area contributed by atoms with Gasteiger partial charge in [0.1, 0.15) is 0 Å². The number of ether oxygens (including phenoxy) is 1. The highest BCUT2D eigenvalue weighted by atomic mass is 16.5. The van der Waals surface area contributed by atoms with Crippen molar-refractivity contribution in [3.63, 3.8) is 0 Å². The topological polar surface area (TPSA) is 91.1 Å². The van der Waals surface area contributed by atoms with Crippen LogP contribution >= 0.6 is 0 Å². The van der Waals surface area contributed by atoms with Crippen LogP contribution in [0.1, 0.15) is 14.4 Å². The molecule has 0 aromatic carbocycles. The van der Waals surface area contributed by atoms with Gasteiger partial charge in [-0.15, -0.1) is 0 Å². The number of hydrogen-bond acceptors (Lipinski definition) is 5. The Hall–Kier alpha value is -1.28. The van der Waals surface area contributed by atoms with Crippen LogP contribution in [0.4, 0.5) is 0 Å². The molecule has 0 spiro atoms. The smallest absolute Gasteiger partial charge is 0.231 e. The molecule has 0 atom stereocenters. The highest BCUT2D eigenvalue weighted by Gasteiger charge is 2.09. The lowest BCUT2D eigenvalue weighted by Crippen LogP contribution is -2.23. The van der Waals surface area contributed by atoms with E-state index < -0.39 is 0 Å². The molecule has 1 heterocycles. The average Bonchev–Trinajstić information content (AvgIpc) is 1.87. The lowest BCUT2D eigenvalue weighted by atomic mass is 10.2. The van der Waals surface area contributed by atoms with Crippen molar-refractivity contribution < 1.29 is 14.3 Å². The maximum absolute atomic E-state index is 8.35. The summed E-state index contributed by atoms with van der Waals surface area (Å²) in [5.74, 6) is 0.843. The first-order valence-corrected chi connectivity index (χ1v) is 2.88. The first kappa shape index (κ1) is 17.0. The molecule has 0 amide bonds. The predicted molar refractivity (Wildman–Crippen MR) is 43.5 cm³/mol. The van der Waals surface area contributed by atoms with E-state index in [1.807, 2.05) is 0 Å². The van der Waals surface area contributed by atoms with Crippen molar-refractivity contribution in [1.82, 2.24) is 0 Å². The Bertz CT molecular complexity index is 131. The second kappa shape index (κ2) is 16.4. The molecule has 0 aliphatic carbocycles. The standard InChI is InChI=1S/C4H8O.2CHNO.CH4/c1-4-2-5-3-4;2*2-1-3;/h4H,2-3H2,1H3;2*2H;1H4. The zero-order valence-electron chi connectivity index (χ0n) is 6.22. The van der Waals surface area contributed by atoms with Gasteiger partial charge in [0.25, 0.3) is 0 Å². The number of isocyanates is 2. The lowest BCUT2D eigenvalue weighted by molar-refractivity contribution is -0.0221. The van der Waals surface area contributed by atoms with Crippen molar-refractivity contribution in [2.24, 2.45) is 5.92 Å². The molecule has 0 unspecified atom stereocenters. The van der Waals surface area contributed by atoms with E-state index in [1.54, 1.807) is 0 Å². The summed E-state index contributed by atoms with van der Waals surface area (Å²) >= 11 is 0. The van der Waals surface area contributed by atoms with E-state index in [1.165, 1.54) is 0 Å². The number of nitrogens with one attached hydrogen (secondary N) is 2. The molecule has 0 saturated carbocycles. The fourth-order valence-corrected chi connectivity index (χ4v) is 0.354. The first-order valence-electron chi connectivity index (χ1n) is 2.88. The Morgan fingerprint density at radius 3 is 1.42 bits per heavy atom. The lowest BCUT2D eigenvalue weighted by Gasteiger charge is -2.20. The number of carbonyl (C=O) groups excluding carboxylic acids is 2. The number of hydrogen-bond donors (Lipinski definition) is 2. The van der Waals surface area contributed by atoms with Gasteiger partial charge in [0.2, 0.25) is 12.2 Å². The van der Waals surface area contributed by atoms with Gasteiger partial charge >= 0.3 is 0 Å². The Balaban J connectivity index is -0.000000104. The minimum absolute atomic E-state index is 0. The highest BCUT2D eigenvalue weighted by Crippen LogP contribution is 2.05. The summed E-state index contributed by atoms with van der Waals surface area (Å²) in [4.78, 5) is 16.7. The third-order valence-electron chi connectivity index (χ3n) is 0.805. The first-order chi connectivity index (χ1) is 5.22. The van der Waals surface area contributed by atoms with Gasteiger partial charge in [0.15, 0.2) is 0 Å². The van der Waals surface area contributed by atoms with Crippen LogP contribution in [0, 0.1) is 16.7 Å². The van der Waals surface area contributed by atoms with Crippen molar-refractivity contribution in [3.8, 4) is 0 Å².